The molecule has 0 saturated heterocycles. The number of amides is 1. The summed E-state index contributed by atoms with van der Waals surface area (Å²) in [5, 5.41) is 8.47. The Kier molecular flexibility index (Phi) is 4.74. The lowest BCUT2D eigenvalue weighted by molar-refractivity contribution is 0.0945. The van der Waals surface area contributed by atoms with Crippen LogP contribution in [0, 0.1) is 13.8 Å². The molecule has 0 unspecified atom stereocenters. The normalized spacial score (nSPS) is 11.1. The van der Waals surface area contributed by atoms with E-state index in [-0.39, 0.29) is 5.91 Å². The number of aromatic nitrogens is 3. The maximum atomic E-state index is 12.5. The van der Waals surface area contributed by atoms with E-state index in [9.17, 15) is 4.79 Å². The van der Waals surface area contributed by atoms with Crippen molar-refractivity contribution in [3.63, 3.8) is 0 Å². The fraction of sp³-hybridized carbons (Fsp3) is 0.217. The number of nitrogens with zero attached hydrogens (tertiary/aromatic N) is 2. The molecular weight excluding hydrogens is 348 g/mol. The lowest BCUT2D eigenvalue weighted by Gasteiger charge is -2.07. The van der Waals surface area contributed by atoms with Crippen molar-refractivity contribution in [3.8, 4) is 11.3 Å². The SMILES string of the molecule is CCn1ccc(C(=O)NCc2cc(C)cc3c(C)c(-c4ccccc4)[nH]c23)n1. The Balaban J connectivity index is 1.66. The van der Waals surface area contributed by atoms with Crippen LogP contribution >= 0.6 is 0 Å². The molecule has 5 nitrogen and oxygen atoms in total. The molecule has 0 saturated carbocycles. The predicted molar refractivity (Wildman–Crippen MR) is 112 cm³/mol. The van der Waals surface area contributed by atoms with Crippen LogP contribution in [0.5, 0.6) is 0 Å². The van der Waals surface area contributed by atoms with Gasteiger partial charge in [-0.1, -0.05) is 42.0 Å². The summed E-state index contributed by atoms with van der Waals surface area (Å²) in [7, 11) is 0. The Morgan fingerprint density at radius 1 is 1.14 bits per heavy atom. The first-order valence-corrected chi connectivity index (χ1v) is 9.55. The van der Waals surface area contributed by atoms with Gasteiger partial charge in [-0.15, -0.1) is 0 Å². The molecule has 142 valence electrons. The van der Waals surface area contributed by atoms with Crippen LogP contribution in [0.1, 0.15) is 34.1 Å². The molecule has 2 N–H and O–H groups in total. The van der Waals surface area contributed by atoms with E-state index in [0.29, 0.717) is 12.2 Å². The van der Waals surface area contributed by atoms with Gasteiger partial charge >= 0.3 is 0 Å². The highest BCUT2D eigenvalue weighted by Gasteiger charge is 2.15. The Hall–Kier alpha value is -3.34. The number of hydrogen-bond acceptors (Lipinski definition) is 2. The third-order valence-corrected chi connectivity index (χ3v) is 5.09. The Bertz CT molecular complexity index is 1140. The first kappa shape index (κ1) is 18.0. The number of carbonyl (C=O) groups excluding carboxylic acids is 1. The fourth-order valence-electron chi connectivity index (χ4n) is 3.62. The highest BCUT2D eigenvalue weighted by molar-refractivity contribution is 5.94. The summed E-state index contributed by atoms with van der Waals surface area (Å²) >= 11 is 0. The molecule has 0 atom stereocenters. The molecule has 0 aliphatic rings. The minimum Gasteiger partial charge on any atom is -0.354 e. The smallest absolute Gasteiger partial charge is 0.272 e. The second kappa shape index (κ2) is 7.35. The van der Waals surface area contributed by atoms with Crippen molar-refractivity contribution in [1.29, 1.82) is 0 Å². The van der Waals surface area contributed by atoms with Crippen molar-refractivity contribution in [3.05, 3.63) is 77.1 Å². The summed E-state index contributed by atoms with van der Waals surface area (Å²) in [6, 6.07) is 16.4. The third-order valence-electron chi connectivity index (χ3n) is 5.09. The first-order valence-electron chi connectivity index (χ1n) is 9.55. The van der Waals surface area contributed by atoms with Gasteiger partial charge in [-0.05, 0) is 49.6 Å². The van der Waals surface area contributed by atoms with Crippen LogP contribution in [0.2, 0.25) is 0 Å². The number of nitrogens with one attached hydrogen (secondary N) is 2. The highest BCUT2D eigenvalue weighted by Crippen LogP contribution is 2.32. The average molecular weight is 372 g/mol. The van der Waals surface area contributed by atoms with E-state index in [1.54, 1.807) is 10.7 Å². The van der Waals surface area contributed by atoms with Gasteiger partial charge in [0.1, 0.15) is 5.69 Å². The van der Waals surface area contributed by atoms with Gasteiger partial charge in [0.15, 0.2) is 0 Å². The molecular formula is C23H24N4O. The van der Waals surface area contributed by atoms with E-state index in [0.717, 1.165) is 28.9 Å². The van der Waals surface area contributed by atoms with Crippen molar-refractivity contribution in [2.45, 2.75) is 33.9 Å². The molecule has 28 heavy (non-hydrogen) atoms. The fourth-order valence-corrected chi connectivity index (χ4v) is 3.62. The molecule has 0 fully saturated rings. The Morgan fingerprint density at radius 3 is 2.64 bits per heavy atom. The number of carbonyl (C=O) groups is 1. The highest BCUT2D eigenvalue weighted by atomic mass is 16.1. The van der Waals surface area contributed by atoms with Crippen LogP contribution in [0.25, 0.3) is 22.2 Å². The lowest BCUT2D eigenvalue weighted by Crippen LogP contribution is -2.23. The monoisotopic (exact) mass is 372 g/mol. The summed E-state index contributed by atoms with van der Waals surface area (Å²) in [6.07, 6.45) is 1.82. The predicted octanol–water partition coefficient (Wildman–Crippen LogP) is 4.60. The van der Waals surface area contributed by atoms with Gasteiger partial charge in [0.2, 0.25) is 0 Å². The van der Waals surface area contributed by atoms with Crippen LogP contribution in [0.4, 0.5) is 0 Å². The van der Waals surface area contributed by atoms with Crippen LogP contribution in [-0.2, 0) is 13.1 Å². The van der Waals surface area contributed by atoms with Crippen molar-refractivity contribution >= 4 is 16.8 Å². The van der Waals surface area contributed by atoms with Gasteiger partial charge in [0, 0.05) is 30.4 Å². The van der Waals surface area contributed by atoms with Crippen molar-refractivity contribution in [1.82, 2.24) is 20.1 Å². The Morgan fingerprint density at radius 2 is 1.93 bits per heavy atom. The molecule has 4 rings (SSSR count). The molecule has 0 aliphatic heterocycles. The zero-order valence-corrected chi connectivity index (χ0v) is 16.4. The van der Waals surface area contributed by atoms with Gasteiger partial charge in [-0.3, -0.25) is 9.48 Å². The van der Waals surface area contributed by atoms with Gasteiger partial charge in [0.25, 0.3) is 5.91 Å². The molecule has 4 aromatic rings. The second-order valence-corrected chi connectivity index (χ2v) is 7.08. The topological polar surface area (TPSA) is 62.7 Å². The summed E-state index contributed by atoms with van der Waals surface area (Å²) in [4.78, 5) is 16.0. The third kappa shape index (κ3) is 3.31. The Labute approximate surface area is 164 Å². The molecule has 0 bridgehead atoms. The summed E-state index contributed by atoms with van der Waals surface area (Å²) in [5.74, 6) is -0.159. The van der Waals surface area contributed by atoms with Crippen LogP contribution in [0.15, 0.2) is 54.7 Å². The molecule has 2 aromatic carbocycles. The van der Waals surface area contributed by atoms with Gasteiger partial charge < -0.3 is 10.3 Å². The molecule has 2 aromatic heterocycles. The first-order chi connectivity index (χ1) is 13.6. The summed E-state index contributed by atoms with van der Waals surface area (Å²) < 4.78 is 1.75. The largest absolute Gasteiger partial charge is 0.354 e. The van der Waals surface area contributed by atoms with Gasteiger partial charge in [-0.25, -0.2) is 0 Å². The average Bonchev–Trinajstić information content (AvgIpc) is 3.32. The van der Waals surface area contributed by atoms with E-state index in [1.165, 1.54) is 16.5 Å². The quantitative estimate of drug-likeness (QED) is 0.538. The summed E-state index contributed by atoms with van der Waals surface area (Å²) in [5.41, 5.74) is 7.26. The molecule has 0 spiro atoms. The van der Waals surface area contributed by atoms with Crippen LogP contribution in [-0.4, -0.2) is 20.7 Å². The zero-order chi connectivity index (χ0) is 19.7. The van der Waals surface area contributed by atoms with E-state index in [1.807, 2.05) is 31.3 Å². The number of H-pyrrole nitrogens is 1. The van der Waals surface area contributed by atoms with Crippen molar-refractivity contribution in [2.75, 3.05) is 0 Å². The lowest BCUT2D eigenvalue weighted by atomic mass is 10.0. The molecule has 0 aliphatic carbocycles. The molecule has 5 heteroatoms. The number of hydrogen-bond donors (Lipinski definition) is 2. The second-order valence-electron chi connectivity index (χ2n) is 7.08. The van der Waals surface area contributed by atoms with Gasteiger partial charge in [0.05, 0.1) is 5.52 Å². The number of aromatic amines is 1. The summed E-state index contributed by atoms with van der Waals surface area (Å²) in [6.45, 7) is 7.42. The maximum Gasteiger partial charge on any atom is 0.272 e. The van der Waals surface area contributed by atoms with E-state index in [4.69, 9.17) is 0 Å². The molecule has 2 heterocycles. The standard InChI is InChI=1S/C23H24N4O/c1-4-27-11-10-20(26-27)23(28)24-14-18-12-15(2)13-19-16(3)21(25-22(18)19)17-8-6-5-7-9-17/h5-13,25H,4,14H2,1-3H3,(H,24,28). The van der Waals surface area contributed by atoms with Gasteiger partial charge in [-0.2, -0.15) is 5.10 Å². The molecule has 1 amide bonds. The minimum absolute atomic E-state index is 0.159. The molecule has 0 radical (unpaired) electrons. The number of fused-ring (bicyclic) bond motifs is 1. The van der Waals surface area contributed by atoms with E-state index < -0.39 is 0 Å². The number of rotatable bonds is 5. The van der Waals surface area contributed by atoms with E-state index in [2.05, 4.69) is 53.5 Å². The number of benzene rings is 2. The van der Waals surface area contributed by atoms with Crippen molar-refractivity contribution in [2.24, 2.45) is 0 Å². The van der Waals surface area contributed by atoms with Crippen LogP contribution < -0.4 is 5.32 Å². The zero-order valence-electron chi connectivity index (χ0n) is 16.4. The van der Waals surface area contributed by atoms with E-state index >= 15 is 0 Å². The minimum atomic E-state index is -0.159. The van der Waals surface area contributed by atoms with Crippen molar-refractivity contribution < 1.29 is 4.79 Å². The van der Waals surface area contributed by atoms with Crippen LogP contribution in [0.3, 0.4) is 0 Å². The number of aryl methyl sites for hydroxylation is 3. The maximum absolute atomic E-state index is 12.5.